The van der Waals surface area contributed by atoms with E-state index in [2.05, 4.69) is 147 Å². The van der Waals surface area contributed by atoms with E-state index < -0.39 is 0 Å². The van der Waals surface area contributed by atoms with Gasteiger partial charge in [-0.2, -0.15) is 0 Å². The molecular formula is C42H24Cl3N3. The van der Waals surface area contributed by atoms with Crippen LogP contribution in [0.25, 0.3) is 82.5 Å². The van der Waals surface area contributed by atoms with E-state index in [1.807, 2.05) is 12.1 Å². The summed E-state index contributed by atoms with van der Waals surface area (Å²) < 4.78 is 7.17. The summed E-state index contributed by atoms with van der Waals surface area (Å²) in [6, 6.07) is 51.2. The van der Waals surface area contributed by atoms with Crippen LogP contribution in [0.5, 0.6) is 0 Å². The van der Waals surface area contributed by atoms with Gasteiger partial charge in [0.2, 0.25) is 0 Å². The molecular weight excluding hydrogens is 653 g/mol. The first kappa shape index (κ1) is 27.9. The van der Waals surface area contributed by atoms with Crippen LogP contribution in [0.15, 0.2) is 146 Å². The van der Waals surface area contributed by atoms with E-state index in [0.717, 1.165) is 71.7 Å². The summed E-state index contributed by atoms with van der Waals surface area (Å²) in [4.78, 5) is 0. The number of para-hydroxylation sites is 5. The fraction of sp³-hybridized carbons (Fsp3) is 0. The van der Waals surface area contributed by atoms with Crippen LogP contribution in [0.4, 0.5) is 0 Å². The highest BCUT2D eigenvalue weighted by Gasteiger charge is 2.28. The molecule has 0 aliphatic carbocycles. The largest absolute Gasteiger partial charge is 0.308 e. The van der Waals surface area contributed by atoms with Gasteiger partial charge in [0.05, 0.1) is 48.2 Å². The third kappa shape index (κ3) is 3.72. The maximum atomic E-state index is 6.75. The van der Waals surface area contributed by atoms with Gasteiger partial charge in [0.15, 0.2) is 0 Å². The molecule has 10 aromatic rings. The Hall–Kier alpha value is -5.19. The van der Waals surface area contributed by atoms with E-state index >= 15 is 0 Å². The molecule has 0 radical (unpaired) electrons. The first-order chi connectivity index (χ1) is 23.6. The van der Waals surface area contributed by atoms with E-state index in [0.29, 0.717) is 15.1 Å². The van der Waals surface area contributed by atoms with Crippen LogP contribution in [0.2, 0.25) is 15.1 Å². The summed E-state index contributed by atoms with van der Waals surface area (Å²) in [6.07, 6.45) is 0. The molecule has 0 spiro atoms. The number of halogens is 3. The predicted molar refractivity (Wildman–Crippen MR) is 204 cm³/mol. The van der Waals surface area contributed by atoms with E-state index in [4.69, 9.17) is 34.8 Å². The average molecular weight is 677 g/mol. The van der Waals surface area contributed by atoms with Crippen molar-refractivity contribution in [2.45, 2.75) is 0 Å². The van der Waals surface area contributed by atoms with Gasteiger partial charge >= 0.3 is 0 Å². The summed E-state index contributed by atoms with van der Waals surface area (Å²) in [5.74, 6) is 0. The molecule has 228 valence electrons. The first-order valence-corrected chi connectivity index (χ1v) is 16.9. The van der Waals surface area contributed by atoms with Crippen LogP contribution in [-0.4, -0.2) is 13.7 Å². The molecule has 48 heavy (non-hydrogen) atoms. The number of aromatic nitrogens is 3. The van der Waals surface area contributed by atoms with E-state index in [9.17, 15) is 0 Å². The van der Waals surface area contributed by atoms with Gasteiger partial charge in [0.1, 0.15) is 0 Å². The summed E-state index contributed by atoms with van der Waals surface area (Å²) in [5, 5.41) is 8.18. The SMILES string of the molecule is Clc1cc(-n2c3ccccc3c3c4c(c5ccccc5n4-c4ccccc4)c4c(c5ccccc5n4-c4ccccc4)c32)cc(Cl)c1Cl. The molecule has 0 fully saturated rings. The monoisotopic (exact) mass is 675 g/mol. The Kier molecular flexibility index (Phi) is 6.04. The zero-order chi connectivity index (χ0) is 32.1. The molecule has 3 nitrogen and oxygen atoms in total. The first-order valence-electron chi connectivity index (χ1n) is 15.8. The third-order valence-electron chi connectivity index (χ3n) is 9.59. The zero-order valence-corrected chi connectivity index (χ0v) is 27.6. The molecule has 6 heteroatoms. The molecule has 0 aliphatic heterocycles. The molecule has 0 unspecified atom stereocenters. The van der Waals surface area contributed by atoms with Crippen molar-refractivity contribution in [2.75, 3.05) is 0 Å². The van der Waals surface area contributed by atoms with Gasteiger partial charge in [-0.05, 0) is 54.6 Å². The van der Waals surface area contributed by atoms with Gasteiger partial charge in [-0.15, -0.1) is 0 Å². The fourth-order valence-electron chi connectivity index (χ4n) is 7.78. The lowest BCUT2D eigenvalue weighted by molar-refractivity contribution is 1.17. The highest BCUT2D eigenvalue weighted by molar-refractivity contribution is 6.48. The summed E-state index contributed by atoms with van der Waals surface area (Å²) in [6.45, 7) is 0. The Morgan fingerprint density at radius 3 is 1.02 bits per heavy atom. The van der Waals surface area contributed by atoms with Crippen molar-refractivity contribution in [3.8, 4) is 17.1 Å². The molecule has 0 saturated heterocycles. The average Bonchev–Trinajstić information content (AvgIpc) is 3.77. The molecule has 0 aliphatic rings. The number of benzene rings is 7. The molecule has 0 amide bonds. The van der Waals surface area contributed by atoms with Crippen molar-refractivity contribution >= 4 is 100 Å². The molecule has 0 N–H and O–H groups in total. The highest BCUT2D eigenvalue weighted by Crippen LogP contribution is 2.50. The van der Waals surface area contributed by atoms with Crippen molar-refractivity contribution < 1.29 is 0 Å². The lowest BCUT2D eigenvalue weighted by Crippen LogP contribution is -1.98. The standard InChI is InChI=1S/C42H24Cl3N3/c43-31-23-27(24-32(44)39(31)45)48-35-22-12-9-19-30(35)38-41-36(28-17-7-10-20-33(28)46(41)25-13-3-1-4-14-25)40-37(42(38)48)29-18-8-11-21-34(29)47(40)26-15-5-2-6-16-26/h1-24H. The van der Waals surface area contributed by atoms with Crippen LogP contribution < -0.4 is 0 Å². The Morgan fingerprint density at radius 2 is 0.646 bits per heavy atom. The summed E-state index contributed by atoms with van der Waals surface area (Å²) in [5.41, 5.74) is 9.75. The number of nitrogens with zero attached hydrogens (tertiary/aromatic N) is 3. The van der Waals surface area contributed by atoms with Gasteiger partial charge < -0.3 is 13.7 Å². The molecule has 3 heterocycles. The van der Waals surface area contributed by atoms with E-state index in [-0.39, 0.29) is 0 Å². The molecule has 7 aromatic carbocycles. The Balaban J connectivity index is 1.61. The van der Waals surface area contributed by atoms with Gasteiger partial charge in [-0.1, -0.05) is 126 Å². The lowest BCUT2D eigenvalue weighted by Gasteiger charge is -2.14. The van der Waals surface area contributed by atoms with Crippen LogP contribution in [0, 0.1) is 0 Å². The lowest BCUT2D eigenvalue weighted by atomic mass is 10.0. The second-order valence-corrected chi connectivity index (χ2v) is 13.3. The minimum absolute atomic E-state index is 0.347. The van der Waals surface area contributed by atoms with E-state index in [1.165, 1.54) is 10.8 Å². The number of hydrogen-bond donors (Lipinski definition) is 0. The second kappa shape index (κ2) is 10.4. The quantitative estimate of drug-likeness (QED) is 0.165. The molecule has 3 aromatic heterocycles. The minimum Gasteiger partial charge on any atom is -0.308 e. The highest BCUT2D eigenvalue weighted by atomic mass is 35.5. The number of fused-ring (bicyclic) bond motifs is 12. The van der Waals surface area contributed by atoms with Gasteiger partial charge in [0.25, 0.3) is 0 Å². The molecule has 0 atom stereocenters. The molecule has 0 bridgehead atoms. The Morgan fingerprint density at radius 1 is 0.333 bits per heavy atom. The predicted octanol–water partition coefficient (Wildman–Crippen LogP) is 12.9. The van der Waals surface area contributed by atoms with Crippen molar-refractivity contribution in [1.82, 2.24) is 13.7 Å². The summed E-state index contributed by atoms with van der Waals surface area (Å²) in [7, 11) is 0. The summed E-state index contributed by atoms with van der Waals surface area (Å²) >= 11 is 20.0. The maximum absolute atomic E-state index is 6.75. The third-order valence-corrected chi connectivity index (χ3v) is 10.8. The maximum Gasteiger partial charge on any atom is 0.0780 e. The van der Waals surface area contributed by atoms with E-state index in [1.54, 1.807) is 0 Å². The topological polar surface area (TPSA) is 14.8 Å². The normalized spacial score (nSPS) is 12.1. The second-order valence-electron chi connectivity index (χ2n) is 12.1. The number of hydrogen-bond acceptors (Lipinski definition) is 0. The van der Waals surface area contributed by atoms with Gasteiger partial charge in [-0.25, -0.2) is 0 Å². The Bertz CT molecular complexity index is 2820. The minimum atomic E-state index is 0.347. The van der Waals surface area contributed by atoms with Crippen molar-refractivity contribution in [1.29, 1.82) is 0 Å². The van der Waals surface area contributed by atoms with Crippen molar-refractivity contribution in [3.05, 3.63) is 161 Å². The number of rotatable bonds is 3. The van der Waals surface area contributed by atoms with Gasteiger partial charge in [0, 0.05) is 49.4 Å². The molecule has 0 saturated carbocycles. The Labute approximate surface area is 290 Å². The van der Waals surface area contributed by atoms with Crippen LogP contribution in [-0.2, 0) is 0 Å². The zero-order valence-electron chi connectivity index (χ0n) is 25.3. The van der Waals surface area contributed by atoms with Crippen molar-refractivity contribution in [2.24, 2.45) is 0 Å². The molecule has 10 rings (SSSR count). The van der Waals surface area contributed by atoms with Gasteiger partial charge in [-0.3, -0.25) is 0 Å². The van der Waals surface area contributed by atoms with Crippen LogP contribution in [0.3, 0.4) is 0 Å². The van der Waals surface area contributed by atoms with Crippen LogP contribution in [0.1, 0.15) is 0 Å². The fourth-order valence-corrected chi connectivity index (χ4v) is 8.36. The van der Waals surface area contributed by atoms with Crippen molar-refractivity contribution in [3.63, 3.8) is 0 Å². The smallest absolute Gasteiger partial charge is 0.0780 e. The van der Waals surface area contributed by atoms with Crippen LogP contribution >= 0.6 is 34.8 Å².